The summed E-state index contributed by atoms with van der Waals surface area (Å²) >= 11 is 11.4. The second-order valence-corrected chi connectivity index (χ2v) is 4.42. The summed E-state index contributed by atoms with van der Waals surface area (Å²) in [5.41, 5.74) is 1.13. The van der Waals surface area contributed by atoms with E-state index in [0.717, 1.165) is 31.3 Å². The molecule has 0 bridgehead atoms. The number of rotatable bonds is 0. The van der Waals surface area contributed by atoms with Gasteiger partial charge in [0.25, 0.3) is 0 Å². The predicted octanol–water partition coefficient (Wildman–Crippen LogP) is 2.99. The highest BCUT2D eigenvalue weighted by atomic mass is 35.5. The minimum atomic E-state index is -0.313. The fourth-order valence-corrected chi connectivity index (χ4v) is 2.29. The molecule has 1 saturated heterocycles. The van der Waals surface area contributed by atoms with Gasteiger partial charge in [0, 0.05) is 12.8 Å². The molecule has 1 heterocycles. The van der Waals surface area contributed by atoms with E-state index in [4.69, 9.17) is 32.7 Å². The molecule has 0 aromatic heterocycles. The summed E-state index contributed by atoms with van der Waals surface area (Å²) in [5, 5.41) is 0. The van der Waals surface area contributed by atoms with Crippen LogP contribution in [0.1, 0.15) is 25.7 Å². The molecule has 0 atom stereocenters. The number of hydrogen-bond acceptors (Lipinski definition) is 2. The Hall–Kier alpha value is 0.240. The molecule has 1 spiro atoms. The lowest BCUT2D eigenvalue weighted by atomic mass is 9.91. The van der Waals surface area contributed by atoms with E-state index in [9.17, 15) is 0 Å². The predicted molar refractivity (Wildman–Crippen MR) is 51.8 cm³/mol. The molecular weight excluding hydrogens is 211 g/mol. The molecule has 13 heavy (non-hydrogen) atoms. The highest BCUT2D eigenvalue weighted by Gasteiger charge is 2.39. The van der Waals surface area contributed by atoms with Gasteiger partial charge in [0.05, 0.1) is 13.2 Å². The Balaban J connectivity index is 1.99. The molecule has 2 rings (SSSR count). The van der Waals surface area contributed by atoms with E-state index in [-0.39, 0.29) is 5.79 Å². The largest absolute Gasteiger partial charge is 0.348 e. The zero-order valence-electron chi connectivity index (χ0n) is 7.32. The maximum atomic E-state index is 5.72. The molecule has 0 aromatic rings. The molecule has 1 saturated carbocycles. The molecule has 0 unspecified atom stereocenters. The van der Waals surface area contributed by atoms with E-state index in [2.05, 4.69) is 0 Å². The number of allylic oxidation sites excluding steroid dienone is 1. The summed E-state index contributed by atoms with van der Waals surface area (Å²) in [6, 6.07) is 0. The fourth-order valence-electron chi connectivity index (χ4n) is 1.91. The lowest BCUT2D eigenvalue weighted by Gasteiger charge is -2.32. The fraction of sp³-hybridized carbons (Fsp3) is 0.778. The first kappa shape index (κ1) is 9.78. The minimum absolute atomic E-state index is 0.313. The van der Waals surface area contributed by atoms with Gasteiger partial charge in [0.1, 0.15) is 4.49 Å². The van der Waals surface area contributed by atoms with Crippen molar-refractivity contribution in [2.75, 3.05) is 13.2 Å². The summed E-state index contributed by atoms with van der Waals surface area (Å²) in [4.78, 5) is 0. The Labute approximate surface area is 87.8 Å². The Morgan fingerprint density at radius 2 is 1.62 bits per heavy atom. The standard InChI is InChI=1S/C9H12Cl2O2/c10-8(11)7-1-3-9(4-2-7)12-5-6-13-9/h1-6H2. The van der Waals surface area contributed by atoms with Crippen LogP contribution in [0, 0.1) is 0 Å². The highest BCUT2D eigenvalue weighted by Crippen LogP contribution is 2.39. The molecule has 2 nitrogen and oxygen atoms in total. The molecule has 0 N–H and O–H groups in total. The van der Waals surface area contributed by atoms with Crippen LogP contribution in [0.5, 0.6) is 0 Å². The lowest BCUT2D eigenvalue weighted by molar-refractivity contribution is -0.171. The van der Waals surface area contributed by atoms with E-state index in [1.54, 1.807) is 0 Å². The van der Waals surface area contributed by atoms with Gasteiger partial charge in [-0.15, -0.1) is 0 Å². The van der Waals surface area contributed by atoms with Crippen molar-refractivity contribution in [2.24, 2.45) is 0 Å². The summed E-state index contributed by atoms with van der Waals surface area (Å²) < 4.78 is 11.6. The Morgan fingerprint density at radius 3 is 2.08 bits per heavy atom. The molecular formula is C9H12Cl2O2. The van der Waals surface area contributed by atoms with Crippen LogP contribution in [0.4, 0.5) is 0 Å². The molecule has 4 heteroatoms. The summed E-state index contributed by atoms with van der Waals surface area (Å²) in [6.07, 6.45) is 3.54. The van der Waals surface area contributed by atoms with Gasteiger partial charge in [-0.1, -0.05) is 23.2 Å². The average molecular weight is 223 g/mol. The van der Waals surface area contributed by atoms with Crippen LogP contribution in [-0.4, -0.2) is 19.0 Å². The van der Waals surface area contributed by atoms with Gasteiger partial charge in [0.2, 0.25) is 0 Å². The van der Waals surface area contributed by atoms with E-state index in [0.29, 0.717) is 17.7 Å². The summed E-state index contributed by atoms with van der Waals surface area (Å²) in [6.45, 7) is 1.43. The maximum Gasteiger partial charge on any atom is 0.169 e. The molecule has 0 radical (unpaired) electrons. The Bertz CT molecular complexity index is 216. The second-order valence-electron chi connectivity index (χ2n) is 3.47. The van der Waals surface area contributed by atoms with Gasteiger partial charge < -0.3 is 9.47 Å². The molecule has 0 aromatic carbocycles. The SMILES string of the molecule is ClC(Cl)=C1CCC2(CC1)OCCO2. The monoisotopic (exact) mass is 222 g/mol. The van der Waals surface area contributed by atoms with E-state index >= 15 is 0 Å². The summed E-state index contributed by atoms with van der Waals surface area (Å²) in [7, 11) is 0. The third kappa shape index (κ3) is 2.01. The third-order valence-electron chi connectivity index (χ3n) is 2.70. The zero-order valence-corrected chi connectivity index (χ0v) is 8.83. The van der Waals surface area contributed by atoms with Crippen molar-refractivity contribution in [3.63, 3.8) is 0 Å². The van der Waals surface area contributed by atoms with Crippen molar-refractivity contribution in [3.05, 3.63) is 10.1 Å². The second kappa shape index (κ2) is 3.77. The Kier molecular flexibility index (Phi) is 2.84. The van der Waals surface area contributed by atoms with Crippen LogP contribution in [0.15, 0.2) is 10.1 Å². The zero-order chi connectivity index (χ0) is 9.31. The quantitative estimate of drug-likeness (QED) is 0.628. The van der Waals surface area contributed by atoms with E-state index in [1.165, 1.54) is 0 Å². The first-order valence-corrected chi connectivity index (χ1v) is 5.28. The van der Waals surface area contributed by atoms with Crippen LogP contribution in [-0.2, 0) is 9.47 Å². The lowest BCUT2D eigenvalue weighted by Crippen LogP contribution is -2.33. The van der Waals surface area contributed by atoms with Crippen LogP contribution in [0.25, 0.3) is 0 Å². The van der Waals surface area contributed by atoms with Crippen molar-refractivity contribution in [1.29, 1.82) is 0 Å². The molecule has 2 fully saturated rings. The van der Waals surface area contributed by atoms with Crippen LogP contribution >= 0.6 is 23.2 Å². The van der Waals surface area contributed by atoms with Gasteiger partial charge in [-0.2, -0.15) is 0 Å². The van der Waals surface area contributed by atoms with Gasteiger partial charge in [-0.05, 0) is 18.4 Å². The topological polar surface area (TPSA) is 18.5 Å². The van der Waals surface area contributed by atoms with Gasteiger partial charge >= 0.3 is 0 Å². The normalized spacial score (nSPS) is 26.8. The van der Waals surface area contributed by atoms with Gasteiger partial charge in [0.15, 0.2) is 5.79 Å². The van der Waals surface area contributed by atoms with Crippen molar-refractivity contribution in [3.8, 4) is 0 Å². The van der Waals surface area contributed by atoms with Crippen molar-refractivity contribution in [2.45, 2.75) is 31.5 Å². The smallest absolute Gasteiger partial charge is 0.169 e. The number of hydrogen-bond donors (Lipinski definition) is 0. The number of halogens is 2. The van der Waals surface area contributed by atoms with E-state index in [1.807, 2.05) is 0 Å². The minimum Gasteiger partial charge on any atom is -0.348 e. The van der Waals surface area contributed by atoms with Gasteiger partial charge in [-0.25, -0.2) is 0 Å². The van der Waals surface area contributed by atoms with Crippen molar-refractivity contribution < 1.29 is 9.47 Å². The first-order valence-electron chi connectivity index (χ1n) is 4.53. The maximum absolute atomic E-state index is 5.72. The molecule has 2 aliphatic rings. The number of ether oxygens (including phenoxy) is 2. The third-order valence-corrected chi connectivity index (χ3v) is 3.23. The van der Waals surface area contributed by atoms with Crippen molar-refractivity contribution >= 4 is 23.2 Å². The molecule has 0 amide bonds. The van der Waals surface area contributed by atoms with Crippen molar-refractivity contribution in [1.82, 2.24) is 0 Å². The van der Waals surface area contributed by atoms with E-state index < -0.39 is 0 Å². The van der Waals surface area contributed by atoms with Crippen LogP contribution in [0.3, 0.4) is 0 Å². The molecule has 74 valence electrons. The molecule has 1 aliphatic heterocycles. The summed E-state index contributed by atoms with van der Waals surface area (Å²) in [5.74, 6) is -0.313. The molecule has 1 aliphatic carbocycles. The Morgan fingerprint density at radius 1 is 1.08 bits per heavy atom. The van der Waals surface area contributed by atoms with Crippen LogP contribution < -0.4 is 0 Å². The average Bonchev–Trinajstić information content (AvgIpc) is 2.54. The van der Waals surface area contributed by atoms with Crippen LogP contribution in [0.2, 0.25) is 0 Å². The van der Waals surface area contributed by atoms with Gasteiger partial charge in [-0.3, -0.25) is 0 Å². The highest BCUT2D eigenvalue weighted by molar-refractivity contribution is 6.56. The first-order chi connectivity index (χ1) is 6.22.